The summed E-state index contributed by atoms with van der Waals surface area (Å²) in [5, 5.41) is 6.89. The first-order valence-corrected chi connectivity index (χ1v) is 10.5. The van der Waals surface area contributed by atoms with Gasteiger partial charge in [-0.1, -0.05) is 81.0 Å². The number of nitrogens with one attached hydrogen (secondary N) is 2. The first-order valence-electron chi connectivity index (χ1n) is 10.1. The zero-order valence-corrected chi connectivity index (χ0v) is 16.9. The molecule has 1 heterocycles. The van der Waals surface area contributed by atoms with Crippen molar-refractivity contribution in [3.63, 3.8) is 0 Å². The van der Waals surface area contributed by atoms with Crippen molar-refractivity contribution in [2.45, 2.75) is 57.4 Å². The van der Waals surface area contributed by atoms with Crippen molar-refractivity contribution in [3.05, 3.63) is 59.9 Å². The largest absolute Gasteiger partial charge is 0.351 e. The molecule has 0 unspecified atom stereocenters. The second kappa shape index (κ2) is 11.4. The number of hydrogen-bond donors (Lipinski definition) is 2. The lowest BCUT2D eigenvalue weighted by Crippen LogP contribution is -2.21. The highest BCUT2D eigenvalue weighted by atomic mass is 35.5. The molecule has 2 aromatic rings. The highest BCUT2D eigenvalue weighted by Crippen LogP contribution is 2.21. The van der Waals surface area contributed by atoms with Gasteiger partial charge in [0.2, 0.25) is 17.2 Å². The molecule has 148 valence electrons. The molecule has 0 bridgehead atoms. The van der Waals surface area contributed by atoms with Crippen LogP contribution >= 0.6 is 11.6 Å². The van der Waals surface area contributed by atoms with Crippen molar-refractivity contribution < 1.29 is 0 Å². The zero-order chi connectivity index (χ0) is 19.4. The van der Waals surface area contributed by atoms with Crippen LogP contribution in [0.1, 0.15) is 51.4 Å². The highest BCUT2D eigenvalue weighted by Gasteiger charge is 2.13. The Kier molecular flexibility index (Phi) is 8.31. The average Bonchev–Trinajstić information content (AvgIpc) is 2.80. The molecular formula is C22H28ClN5. The van der Waals surface area contributed by atoms with Gasteiger partial charge in [0.1, 0.15) is 0 Å². The van der Waals surface area contributed by atoms with E-state index in [1.165, 1.54) is 38.5 Å². The molecule has 5 nitrogen and oxygen atoms in total. The Hall–Kier alpha value is -2.40. The van der Waals surface area contributed by atoms with Crippen LogP contribution in [0.3, 0.4) is 0 Å². The molecule has 0 atom stereocenters. The molecule has 1 aromatic heterocycles. The SMILES string of the molecule is Clc1nc(Nc2ccccccccc2)nc(NC2CCCCCCCC2)n1. The van der Waals surface area contributed by atoms with Crippen LogP contribution in [-0.4, -0.2) is 21.0 Å². The van der Waals surface area contributed by atoms with E-state index in [4.69, 9.17) is 11.6 Å². The molecule has 1 saturated carbocycles. The van der Waals surface area contributed by atoms with E-state index in [1.54, 1.807) is 0 Å². The molecule has 3 rings (SSSR count). The Bertz CT molecular complexity index is 762. The van der Waals surface area contributed by atoms with Gasteiger partial charge >= 0.3 is 0 Å². The van der Waals surface area contributed by atoms with Crippen LogP contribution < -0.4 is 10.6 Å². The van der Waals surface area contributed by atoms with Crippen LogP contribution in [0.5, 0.6) is 0 Å². The lowest BCUT2D eigenvalue weighted by Gasteiger charge is -2.18. The Morgan fingerprint density at radius 2 is 1.21 bits per heavy atom. The third-order valence-electron chi connectivity index (χ3n) is 4.77. The van der Waals surface area contributed by atoms with Crippen molar-refractivity contribution in [2.24, 2.45) is 0 Å². The molecule has 0 saturated heterocycles. The van der Waals surface area contributed by atoms with Gasteiger partial charge in [0.05, 0.1) is 0 Å². The zero-order valence-electron chi connectivity index (χ0n) is 16.1. The predicted molar refractivity (Wildman–Crippen MR) is 117 cm³/mol. The standard InChI is InChI=1S/C22H28ClN5/c23-20-26-21(24-18-14-10-6-2-1-3-7-11-15-18)28-22(27-20)25-19-16-12-8-4-5-9-13-17-19/h1-3,6-7,10-11,14-15,19H,4-5,8-9,12-13,16-17H2,(H2,24,25,26,27,28). The highest BCUT2D eigenvalue weighted by molar-refractivity contribution is 6.28. The summed E-state index contributed by atoms with van der Waals surface area (Å²) in [5.41, 5.74) is 0.867. The number of aromatic nitrogens is 3. The molecule has 0 radical (unpaired) electrons. The van der Waals surface area contributed by atoms with Gasteiger partial charge in [0.15, 0.2) is 0 Å². The van der Waals surface area contributed by atoms with E-state index in [2.05, 4.69) is 25.6 Å². The maximum Gasteiger partial charge on any atom is 0.233 e. The van der Waals surface area contributed by atoms with Crippen LogP contribution in [0.25, 0.3) is 0 Å². The Morgan fingerprint density at radius 1 is 0.679 bits per heavy atom. The first kappa shape index (κ1) is 20.3. The smallest absolute Gasteiger partial charge is 0.233 e. The fourth-order valence-electron chi connectivity index (χ4n) is 3.34. The Labute approximate surface area is 172 Å². The summed E-state index contributed by atoms with van der Waals surface area (Å²) in [7, 11) is 0. The van der Waals surface area contributed by atoms with Gasteiger partial charge < -0.3 is 10.6 Å². The minimum Gasteiger partial charge on any atom is -0.351 e. The molecule has 1 fully saturated rings. The molecule has 1 aliphatic carbocycles. The summed E-state index contributed by atoms with van der Waals surface area (Å²) in [6.07, 6.45) is 10.1. The summed E-state index contributed by atoms with van der Waals surface area (Å²) < 4.78 is 0. The van der Waals surface area contributed by atoms with Gasteiger partial charge in [0, 0.05) is 11.7 Å². The average molecular weight is 398 g/mol. The third-order valence-corrected chi connectivity index (χ3v) is 4.94. The van der Waals surface area contributed by atoms with E-state index in [0.717, 1.165) is 18.5 Å². The number of rotatable bonds is 4. The van der Waals surface area contributed by atoms with E-state index < -0.39 is 0 Å². The summed E-state index contributed by atoms with van der Waals surface area (Å²) in [6.45, 7) is 0. The first-order chi connectivity index (χ1) is 13.8. The molecule has 0 spiro atoms. The minimum absolute atomic E-state index is 0.186. The molecular weight excluding hydrogens is 370 g/mol. The van der Waals surface area contributed by atoms with Crippen molar-refractivity contribution in [1.29, 1.82) is 0 Å². The fraction of sp³-hybridized carbons (Fsp3) is 0.409. The summed E-state index contributed by atoms with van der Waals surface area (Å²) in [5.74, 6) is 0.973. The topological polar surface area (TPSA) is 62.7 Å². The molecule has 6 heteroatoms. The van der Waals surface area contributed by atoms with E-state index in [0.29, 0.717) is 17.9 Å². The van der Waals surface area contributed by atoms with Crippen molar-refractivity contribution >= 4 is 29.2 Å². The predicted octanol–water partition coefficient (Wildman–Crippen LogP) is 6.31. The van der Waals surface area contributed by atoms with Crippen LogP contribution in [0, 0.1) is 0 Å². The van der Waals surface area contributed by atoms with Gasteiger partial charge in [-0.25, -0.2) is 0 Å². The molecule has 2 N–H and O–H groups in total. The van der Waals surface area contributed by atoms with Gasteiger partial charge in [0.25, 0.3) is 0 Å². The second-order valence-corrected chi connectivity index (χ2v) is 7.39. The second-order valence-electron chi connectivity index (χ2n) is 7.05. The van der Waals surface area contributed by atoms with Crippen molar-refractivity contribution in [1.82, 2.24) is 15.0 Å². The number of anilines is 3. The lowest BCUT2D eigenvalue weighted by molar-refractivity contribution is 0.559. The Morgan fingerprint density at radius 3 is 1.86 bits per heavy atom. The normalized spacial score (nSPS) is 15.5. The monoisotopic (exact) mass is 397 g/mol. The molecule has 28 heavy (non-hydrogen) atoms. The quantitative estimate of drug-likeness (QED) is 0.633. The number of nitrogens with zero attached hydrogens (tertiary/aromatic N) is 3. The third kappa shape index (κ3) is 7.31. The van der Waals surface area contributed by atoms with Crippen LogP contribution in [0.15, 0.2) is 54.6 Å². The van der Waals surface area contributed by atoms with Crippen LogP contribution in [0.2, 0.25) is 5.28 Å². The lowest BCUT2D eigenvalue weighted by atomic mass is 10.1. The van der Waals surface area contributed by atoms with Gasteiger partial charge in [-0.2, -0.15) is 15.0 Å². The van der Waals surface area contributed by atoms with Crippen molar-refractivity contribution in [3.8, 4) is 0 Å². The summed E-state index contributed by atoms with van der Waals surface area (Å²) in [4.78, 5) is 13.0. The van der Waals surface area contributed by atoms with E-state index in [-0.39, 0.29) is 5.28 Å². The van der Waals surface area contributed by atoms with Crippen LogP contribution in [-0.2, 0) is 0 Å². The minimum atomic E-state index is 0.186. The van der Waals surface area contributed by atoms with Gasteiger partial charge in [-0.15, -0.1) is 0 Å². The Balaban J connectivity index is 1.74. The van der Waals surface area contributed by atoms with Gasteiger partial charge in [-0.3, -0.25) is 0 Å². The molecule has 0 amide bonds. The summed E-state index contributed by atoms with van der Waals surface area (Å²) in [6, 6.07) is 18.1. The van der Waals surface area contributed by atoms with Gasteiger partial charge in [-0.05, 0) is 36.6 Å². The maximum absolute atomic E-state index is 6.16. The van der Waals surface area contributed by atoms with Crippen molar-refractivity contribution in [2.75, 3.05) is 10.6 Å². The fourth-order valence-corrected chi connectivity index (χ4v) is 3.50. The number of hydrogen-bond acceptors (Lipinski definition) is 5. The number of halogens is 1. The van der Waals surface area contributed by atoms with E-state index in [1.807, 2.05) is 54.6 Å². The molecule has 1 aliphatic rings. The van der Waals surface area contributed by atoms with Crippen LogP contribution in [0.4, 0.5) is 17.6 Å². The molecule has 0 aliphatic heterocycles. The molecule has 1 aromatic carbocycles. The maximum atomic E-state index is 6.16. The summed E-state index contributed by atoms with van der Waals surface area (Å²) >= 11 is 6.16. The van der Waals surface area contributed by atoms with E-state index >= 15 is 0 Å². The van der Waals surface area contributed by atoms with E-state index in [9.17, 15) is 0 Å².